The Morgan fingerprint density at radius 1 is 0.231 bits per heavy atom. The van der Waals surface area contributed by atoms with Gasteiger partial charge in [0.1, 0.15) is 0 Å². The van der Waals surface area contributed by atoms with Crippen molar-refractivity contribution in [1.29, 1.82) is 0 Å². The Bertz CT molecular complexity index is 6770. The molecule has 0 fully saturated rings. The van der Waals surface area contributed by atoms with E-state index >= 15 is 0 Å². The van der Waals surface area contributed by atoms with Gasteiger partial charge in [0, 0.05) is 71.0 Å². The van der Waals surface area contributed by atoms with E-state index in [1.54, 1.807) is 0 Å². The van der Waals surface area contributed by atoms with Crippen LogP contribution < -0.4 is 9.80 Å². The SMILES string of the molecule is CC1(C)c2ccccc2-c2ccc(N(c3ccc(-c4cccc(-c5ccc6c(c5)-c5ccc(N(c7ccc(-c8ccc9c(c8)c8ccccc8n9-c8ccccc8)cc7)c7ccc(-c8cc9ccccc9s8)cc7)cc5C6(C)C)c4)cc3)c3ccc(-c4ccc5c6ccccc6c6ccccc6c5c4)cc3)cc21. The number of nitrogens with zero attached hydrogens (tertiary/aromatic N) is 3. The first kappa shape index (κ1) is 63.4. The summed E-state index contributed by atoms with van der Waals surface area (Å²) in [4.78, 5) is 6.14. The van der Waals surface area contributed by atoms with Crippen molar-refractivity contribution in [3.8, 4) is 82.9 Å². The summed E-state index contributed by atoms with van der Waals surface area (Å²) in [5, 5.41) is 11.5. The van der Waals surface area contributed by atoms with Gasteiger partial charge in [0.15, 0.2) is 0 Å². The van der Waals surface area contributed by atoms with Crippen molar-refractivity contribution in [3.05, 3.63) is 392 Å². The van der Waals surface area contributed by atoms with Crippen molar-refractivity contribution >= 4 is 110 Å². The van der Waals surface area contributed by atoms with Gasteiger partial charge in [-0.25, -0.2) is 0 Å². The molecule has 2 aromatic heterocycles. The molecule has 2 aliphatic rings. The number of aromatic nitrogens is 1. The standard InChI is InChI=1S/C104H73N3S/c1-103(2)95-30-15-13-28-88(95)89-55-52-81(64-97(89)103)105(78-46-35-67(36-47-78)72-41-54-87-85-26-10-9-24-83(85)84-25-11-12-27-86(84)92(87)60-72)77-44-33-66(34-45-77)70-20-18-21-71(59-70)74-42-57-96-93(61-74)90-56-53-82(65-98(90)104(96,3)4)106(80-50-39-69(40-51-80)102-63-75-19-8-17-32-101(75)108-102)79-48-37-68(38-49-79)73-43-58-100-94(62-73)91-29-14-16-31-99(91)107(100)76-22-6-5-7-23-76/h5-65H,1-4H3. The quantitative estimate of drug-likeness (QED) is 0.113. The molecule has 0 radical (unpaired) electrons. The Hall–Kier alpha value is -13.1. The smallest absolute Gasteiger partial charge is 0.0541 e. The lowest BCUT2D eigenvalue weighted by Gasteiger charge is -2.28. The minimum Gasteiger partial charge on any atom is -0.310 e. The summed E-state index contributed by atoms with van der Waals surface area (Å²) in [7, 11) is 0. The van der Waals surface area contributed by atoms with Crippen LogP contribution in [0.4, 0.5) is 34.1 Å². The summed E-state index contributed by atoms with van der Waals surface area (Å²) in [6, 6.07) is 138. The molecule has 510 valence electrons. The van der Waals surface area contributed by atoms with E-state index in [9.17, 15) is 0 Å². The van der Waals surface area contributed by atoms with Gasteiger partial charge in [0.2, 0.25) is 0 Å². The topological polar surface area (TPSA) is 11.4 Å². The molecule has 0 aliphatic heterocycles. The van der Waals surface area contributed by atoms with E-state index in [2.05, 4.69) is 412 Å². The molecule has 17 aromatic carbocycles. The van der Waals surface area contributed by atoms with Crippen LogP contribution in [0.5, 0.6) is 0 Å². The molecule has 0 bridgehead atoms. The highest BCUT2D eigenvalue weighted by Gasteiger charge is 2.38. The number of benzene rings is 17. The first-order chi connectivity index (χ1) is 53.0. The molecule has 0 saturated heterocycles. The highest BCUT2D eigenvalue weighted by molar-refractivity contribution is 7.22. The lowest BCUT2D eigenvalue weighted by Crippen LogP contribution is -2.16. The molecular weight excluding hydrogens is 1320 g/mol. The number of hydrogen-bond donors (Lipinski definition) is 0. The van der Waals surface area contributed by atoms with Crippen LogP contribution in [0.25, 0.3) is 147 Å². The molecule has 21 rings (SSSR count). The van der Waals surface area contributed by atoms with Crippen LogP contribution >= 0.6 is 11.3 Å². The predicted molar refractivity (Wildman–Crippen MR) is 460 cm³/mol. The summed E-state index contributed by atoms with van der Waals surface area (Å²) >= 11 is 1.85. The van der Waals surface area contributed by atoms with Gasteiger partial charge in [-0.15, -0.1) is 11.3 Å². The molecule has 108 heavy (non-hydrogen) atoms. The van der Waals surface area contributed by atoms with Crippen LogP contribution in [0, 0.1) is 0 Å². The Kier molecular flexibility index (Phi) is 14.5. The fourth-order valence-corrected chi connectivity index (χ4v) is 19.1. The van der Waals surface area contributed by atoms with E-state index in [4.69, 9.17) is 0 Å². The van der Waals surface area contributed by atoms with E-state index in [0.717, 1.165) is 45.4 Å². The van der Waals surface area contributed by atoms with Gasteiger partial charge in [-0.2, -0.15) is 0 Å². The molecule has 0 amide bonds. The minimum absolute atomic E-state index is 0.153. The maximum atomic E-state index is 2.46. The van der Waals surface area contributed by atoms with Crippen LogP contribution in [0.3, 0.4) is 0 Å². The number of hydrogen-bond acceptors (Lipinski definition) is 3. The Labute approximate surface area is 633 Å². The van der Waals surface area contributed by atoms with Crippen molar-refractivity contribution in [1.82, 2.24) is 4.57 Å². The van der Waals surface area contributed by atoms with Gasteiger partial charge in [-0.1, -0.05) is 264 Å². The van der Waals surface area contributed by atoms with E-state index in [1.165, 1.54) is 158 Å². The molecule has 0 unspecified atom stereocenters. The zero-order valence-corrected chi connectivity index (χ0v) is 61.3. The lowest BCUT2D eigenvalue weighted by atomic mass is 9.82. The summed E-state index contributed by atoms with van der Waals surface area (Å²) < 4.78 is 3.68. The molecule has 3 nitrogen and oxygen atoms in total. The Morgan fingerprint density at radius 2 is 0.639 bits per heavy atom. The van der Waals surface area contributed by atoms with Gasteiger partial charge in [0.05, 0.1) is 11.0 Å². The highest BCUT2D eigenvalue weighted by atomic mass is 32.1. The average Bonchev–Trinajstić information content (AvgIpc) is 1.47. The maximum Gasteiger partial charge on any atom is 0.0541 e. The van der Waals surface area contributed by atoms with Crippen molar-refractivity contribution in [3.63, 3.8) is 0 Å². The molecule has 0 N–H and O–H groups in total. The molecule has 2 heterocycles. The maximum absolute atomic E-state index is 2.46. The second kappa shape index (κ2) is 24.8. The number of rotatable bonds is 12. The van der Waals surface area contributed by atoms with E-state index in [0.29, 0.717) is 0 Å². The summed E-state index contributed by atoms with van der Waals surface area (Å²) in [6.07, 6.45) is 0. The molecule has 0 spiro atoms. The number of fused-ring (bicyclic) bond motifs is 16. The molecule has 2 aliphatic carbocycles. The second-order valence-corrected chi connectivity index (χ2v) is 31.5. The Morgan fingerprint density at radius 3 is 1.24 bits per heavy atom. The van der Waals surface area contributed by atoms with E-state index in [-0.39, 0.29) is 10.8 Å². The normalized spacial score (nSPS) is 13.1. The molecule has 19 aromatic rings. The van der Waals surface area contributed by atoms with Crippen molar-refractivity contribution in [2.45, 2.75) is 38.5 Å². The summed E-state index contributed by atoms with van der Waals surface area (Å²) in [6.45, 7) is 9.53. The molecule has 0 saturated carbocycles. The van der Waals surface area contributed by atoms with Crippen molar-refractivity contribution < 1.29 is 0 Å². The predicted octanol–water partition coefficient (Wildman–Crippen LogP) is 29.3. The van der Waals surface area contributed by atoms with E-state index in [1.807, 2.05) is 11.3 Å². The van der Waals surface area contributed by atoms with Gasteiger partial charge in [-0.3, -0.25) is 0 Å². The third-order valence-corrected chi connectivity index (χ3v) is 24.7. The summed E-state index contributed by atoms with van der Waals surface area (Å²) in [5.74, 6) is 0. The molecule has 4 heteroatoms. The van der Waals surface area contributed by atoms with Gasteiger partial charge >= 0.3 is 0 Å². The third-order valence-electron chi connectivity index (χ3n) is 23.6. The zero-order chi connectivity index (χ0) is 71.9. The monoisotopic (exact) mass is 1400 g/mol. The minimum atomic E-state index is -0.258. The average molecular weight is 1400 g/mol. The fraction of sp³-hybridized carbons (Fsp3) is 0.0577. The third kappa shape index (κ3) is 10.2. The molecular formula is C104H73N3S. The second-order valence-electron chi connectivity index (χ2n) is 30.4. The largest absolute Gasteiger partial charge is 0.310 e. The van der Waals surface area contributed by atoms with Crippen LogP contribution in [0.1, 0.15) is 49.9 Å². The highest BCUT2D eigenvalue weighted by Crippen LogP contribution is 2.54. The van der Waals surface area contributed by atoms with Gasteiger partial charge < -0.3 is 14.4 Å². The van der Waals surface area contributed by atoms with Crippen LogP contribution in [0.15, 0.2) is 370 Å². The number of thiophene rings is 1. The number of para-hydroxylation sites is 2. The Balaban J connectivity index is 0.603. The first-order valence-electron chi connectivity index (χ1n) is 37.6. The van der Waals surface area contributed by atoms with Crippen molar-refractivity contribution in [2.75, 3.05) is 9.80 Å². The molecule has 0 atom stereocenters. The zero-order valence-electron chi connectivity index (χ0n) is 60.5. The van der Waals surface area contributed by atoms with Crippen LogP contribution in [0.2, 0.25) is 0 Å². The lowest BCUT2D eigenvalue weighted by molar-refractivity contribution is 0.660. The number of anilines is 6. The van der Waals surface area contributed by atoms with Gasteiger partial charge in [0.25, 0.3) is 0 Å². The van der Waals surface area contributed by atoms with Crippen LogP contribution in [-0.2, 0) is 10.8 Å². The van der Waals surface area contributed by atoms with Crippen molar-refractivity contribution in [2.24, 2.45) is 0 Å². The van der Waals surface area contributed by atoms with E-state index < -0.39 is 0 Å². The first-order valence-corrected chi connectivity index (χ1v) is 38.4. The fourth-order valence-electron chi connectivity index (χ4n) is 18.1. The van der Waals surface area contributed by atoms with Gasteiger partial charge in [-0.05, 0) is 266 Å². The summed E-state index contributed by atoms with van der Waals surface area (Å²) in [5.41, 5.74) is 31.0. The van der Waals surface area contributed by atoms with Crippen LogP contribution in [-0.4, -0.2) is 4.57 Å².